The Morgan fingerprint density at radius 1 is 1.30 bits per heavy atom. The van der Waals surface area contributed by atoms with Crippen molar-refractivity contribution in [2.24, 2.45) is 0 Å². The van der Waals surface area contributed by atoms with Crippen LogP contribution in [0.25, 0.3) is 11.0 Å². The minimum absolute atomic E-state index is 0.450. The highest BCUT2D eigenvalue weighted by atomic mass is 35.5. The molecule has 4 heteroatoms. The Morgan fingerprint density at radius 2 is 2.10 bits per heavy atom. The molecule has 0 aliphatic rings. The molecule has 1 unspecified atom stereocenters. The smallest absolute Gasteiger partial charge is 0.111 e. The highest BCUT2D eigenvalue weighted by Gasteiger charge is 2.15. The lowest BCUT2D eigenvalue weighted by Crippen LogP contribution is -2.10. The van der Waals surface area contributed by atoms with Crippen LogP contribution in [-0.4, -0.2) is 15.4 Å². The summed E-state index contributed by atoms with van der Waals surface area (Å²) in [5.74, 6) is 1.67. The van der Waals surface area contributed by atoms with Gasteiger partial charge < -0.3 is 4.57 Å². The van der Waals surface area contributed by atoms with Crippen LogP contribution in [0.1, 0.15) is 51.4 Å². The van der Waals surface area contributed by atoms with E-state index in [2.05, 4.69) is 24.5 Å². The second kappa shape index (κ2) is 7.33. The summed E-state index contributed by atoms with van der Waals surface area (Å²) in [5.41, 5.74) is 2.14. The zero-order chi connectivity index (χ0) is 14.5. The summed E-state index contributed by atoms with van der Waals surface area (Å²) in [6.07, 6.45) is 5.77. The van der Waals surface area contributed by atoms with E-state index in [9.17, 15) is 0 Å². The maximum atomic E-state index is 6.06. The molecule has 1 atom stereocenters. The number of halogens is 2. The molecule has 1 aromatic heterocycles. The van der Waals surface area contributed by atoms with Crippen molar-refractivity contribution in [3.63, 3.8) is 0 Å². The Morgan fingerprint density at radius 3 is 2.80 bits per heavy atom. The van der Waals surface area contributed by atoms with Gasteiger partial charge in [0.05, 0.1) is 11.0 Å². The van der Waals surface area contributed by atoms with E-state index in [0.717, 1.165) is 22.8 Å². The normalized spacial score (nSPS) is 13.0. The molecule has 1 heterocycles. The van der Waals surface area contributed by atoms with E-state index in [1.807, 2.05) is 12.1 Å². The third kappa shape index (κ3) is 3.48. The maximum Gasteiger partial charge on any atom is 0.111 e. The monoisotopic (exact) mass is 312 g/mol. The molecule has 0 spiro atoms. The molecule has 0 radical (unpaired) electrons. The molecule has 0 saturated carbocycles. The fourth-order valence-electron chi connectivity index (χ4n) is 2.69. The van der Waals surface area contributed by atoms with E-state index >= 15 is 0 Å². The molecule has 2 aromatic rings. The highest BCUT2D eigenvalue weighted by molar-refractivity contribution is 6.31. The van der Waals surface area contributed by atoms with Crippen molar-refractivity contribution in [2.75, 3.05) is 5.88 Å². The largest absolute Gasteiger partial charge is 0.325 e. The summed E-state index contributed by atoms with van der Waals surface area (Å²) < 4.78 is 2.34. The van der Waals surface area contributed by atoms with Gasteiger partial charge in [0.15, 0.2) is 0 Å². The Labute approximate surface area is 131 Å². The molecule has 0 aliphatic heterocycles. The quantitative estimate of drug-likeness (QED) is 0.480. The topological polar surface area (TPSA) is 17.8 Å². The Kier molecular flexibility index (Phi) is 5.74. The summed E-state index contributed by atoms with van der Waals surface area (Å²) in [4.78, 5) is 4.71. The average Bonchev–Trinajstić information content (AvgIpc) is 2.76. The lowest BCUT2D eigenvalue weighted by Gasteiger charge is -2.17. The Bertz CT molecular complexity index is 563. The SMILES string of the molecule is CCCCCC(C)n1c(CCCl)nc2cc(Cl)ccc21. The van der Waals surface area contributed by atoms with E-state index in [1.165, 1.54) is 31.2 Å². The number of benzene rings is 1. The molecule has 0 fully saturated rings. The van der Waals surface area contributed by atoms with Crippen LogP contribution in [-0.2, 0) is 6.42 Å². The lowest BCUT2D eigenvalue weighted by molar-refractivity contribution is 0.474. The predicted molar refractivity (Wildman–Crippen MR) is 88.0 cm³/mol. The van der Waals surface area contributed by atoms with Gasteiger partial charge in [-0.3, -0.25) is 0 Å². The van der Waals surface area contributed by atoms with Gasteiger partial charge in [0.1, 0.15) is 5.82 Å². The number of hydrogen-bond acceptors (Lipinski definition) is 1. The van der Waals surface area contributed by atoms with E-state index < -0.39 is 0 Å². The Hall–Kier alpha value is -0.730. The number of imidazole rings is 1. The average molecular weight is 313 g/mol. The molecular weight excluding hydrogens is 291 g/mol. The number of alkyl halides is 1. The van der Waals surface area contributed by atoms with Crippen molar-refractivity contribution in [1.29, 1.82) is 0 Å². The van der Waals surface area contributed by atoms with Gasteiger partial charge in [0.25, 0.3) is 0 Å². The first-order valence-corrected chi connectivity index (χ1v) is 8.31. The first-order valence-electron chi connectivity index (χ1n) is 7.39. The van der Waals surface area contributed by atoms with Gasteiger partial charge in [-0.15, -0.1) is 11.6 Å². The van der Waals surface area contributed by atoms with Crippen LogP contribution >= 0.6 is 23.2 Å². The number of fused-ring (bicyclic) bond motifs is 1. The molecule has 2 rings (SSSR count). The number of aromatic nitrogens is 2. The van der Waals surface area contributed by atoms with Gasteiger partial charge in [0.2, 0.25) is 0 Å². The minimum atomic E-state index is 0.450. The highest BCUT2D eigenvalue weighted by Crippen LogP contribution is 2.27. The van der Waals surface area contributed by atoms with Crippen LogP contribution in [0.2, 0.25) is 5.02 Å². The molecule has 1 aromatic carbocycles. The van der Waals surface area contributed by atoms with E-state index in [0.29, 0.717) is 11.9 Å². The van der Waals surface area contributed by atoms with E-state index in [-0.39, 0.29) is 0 Å². The second-order valence-corrected chi connectivity index (χ2v) is 6.13. The van der Waals surface area contributed by atoms with Gasteiger partial charge in [-0.05, 0) is 31.5 Å². The summed E-state index contributed by atoms with van der Waals surface area (Å²) in [6.45, 7) is 4.50. The molecule has 0 aliphatic carbocycles. The van der Waals surface area contributed by atoms with Crippen molar-refractivity contribution in [3.05, 3.63) is 29.0 Å². The van der Waals surface area contributed by atoms with Crippen LogP contribution < -0.4 is 0 Å². The van der Waals surface area contributed by atoms with Gasteiger partial charge >= 0.3 is 0 Å². The van der Waals surface area contributed by atoms with E-state index in [1.54, 1.807) is 0 Å². The minimum Gasteiger partial charge on any atom is -0.325 e. The van der Waals surface area contributed by atoms with Gasteiger partial charge in [-0.1, -0.05) is 37.8 Å². The number of nitrogens with zero attached hydrogens (tertiary/aromatic N) is 2. The number of hydrogen-bond donors (Lipinski definition) is 0. The molecule has 0 N–H and O–H groups in total. The summed E-state index contributed by atoms with van der Waals surface area (Å²) in [6, 6.07) is 6.39. The molecule has 0 amide bonds. The summed E-state index contributed by atoms with van der Waals surface area (Å²) in [5, 5.41) is 0.734. The summed E-state index contributed by atoms with van der Waals surface area (Å²) in [7, 11) is 0. The van der Waals surface area contributed by atoms with Crippen LogP contribution in [0.5, 0.6) is 0 Å². The van der Waals surface area contributed by atoms with Crippen LogP contribution in [0, 0.1) is 0 Å². The fraction of sp³-hybridized carbons (Fsp3) is 0.562. The molecule has 2 nitrogen and oxygen atoms in total. The standard InChI is InChI=1S/C16H22Cl2N2/c1-3-4-5-6-12(2)20-15-8-7-13(18)11-14(15)19-16(20)9-10-17/h7-8,11-12H,3-6,9-10H2,1-2H3. The number of aryl methyl sites for hydroxylation is 1. The first kappa shape index (κ1) is 15.7. The third-order valence-electron chi connectivity index (χ3n) is 3.71. The number of unbranched alkanes of at least 4 members (excludes halogenated alkanes) is 2. The predicted octanol–water partition coefficient (Wildman–Crippen LogP) is 5.61. The van der Waals surface area contributed by atoms with Crippen LogP contribution in [0.4, 0.5) is 0 Å². The molecule has 110 valence electrons. The molecule has 0 saturated heterocycles. The molecule has 0 bridgehead atoms. The van der Waals surface area contributed by atoms with Crippen LogP contribution in [0.15, 0.2) is 18.2 Å². The third-order valence-corrected chi connectivity index (χ3v) is 4.13. The van der Waals surface area contributed by atoms with Crippen molar-refractivity contribution >= 4 is 34.2 Å². The van der Waals surface area contributed by atoms with Crippen molar-refractivity contribution in [3.8, 4) is 0 Å². The van der Waals surface area contributed by atoms with E-state index in [4.69, 9.17) is 28.2 Å². The number of rotatable bonds is 7. The van der Waals surface area contributed by atoms with Gasteiger partial charge in [0, 0.05) is 23.4 Å². The second-order valence-electron chi connectivity index (χ2n) is 5.31. The zero-order valence-corrected chi connectivity index (χ0v) is 13.7. The Balaban J connectivity index is 2.34. The zero-order valence-electron chi connectivity index (χ0n) is 12.2. The lowest BCUT2D eigenvalue weighted by atomic mass is 10.1. The fourth-order valence-corrected chi connectivity index (χ4v) is 3.03. The molecule has 20 heavy (non-hydrogen) atoms. The van der Waals surface area contributed by atoms with Crippen LogP contribution in [0.3, 0.4) is 0 Å². The summed E-state index contributed by atoms with van der Waals surface area (Å²) >= 11 is 12.0. The first-order chi connectivity index (χ1) is 9.67. The van der Waals surface area contributed by atoms with Gasteiger partial charge in [-0.25, -0.2) is 4.98 Å². The van der Waals surface area contributed by atoms with Crippen molar-refractivity contribution < 1.29 is 0 Å². The van der Waals surface area contributed by atoms with Crippen molar-refractivity contribution in [1.82, 2.24) is 9.55 Å². The molecular formula is C16H22Cl2N2. The van der Waals surface area contributed by atoms with Gasteiger partial charge in [-0.2, -0.15) is 0 Å². The maximum absolute atomic E-state index is 6.06. The van der Waals surface area contributed by atoms with Crippen molar-refractivity contribution in [2.45, 2.75) is 52.0 Å².